The van der Waals surface area contributed by atoms with Crippen molar-refractivity contribution >= 4 is 28.0 Å². The number of carbonyl (C=O) groups excluding carboxylic acids is 1. The summed E-state index contributed by atoms with van der Waals surface area (Å²) >= 11 is 1.65. The number of aromatic nitrogens is 2. The maximum Gasteiger partial charge on any atom is 0.298 e. The van der Waals surface area contributed by atoms with E-state index in [4.69, 9.17) is 4.74 Å². The van der Waals surface area contributed by atoms with E-state index in [1.54, 1.807) is 23.5 Å². The van der Waals surface area contributed by atoms with Crippen LogP contribution < -0.4 is 4.74 Å². The molecule has 4 nitrogen and oxygen atoms in total. The lowest BCUT2D eigenvalue weighted by Crippen LogP contribution is -1.87. The van der Waals surface area contributed by atoms with Gasteiger partial charge >= 0.3 is 0 Å². The maximum absolute atomic E-state index is 10.2. The lowest BCUT2D eigenvalue weighted by Gasteiger charge is -1.99. The van der Waals surface area contributed by atoms with Crippen molar-refractivity contribution in [1.82, 2.24) is 10.2 Å². The Kier molecular flexibility index (Phi) is 2.38. The van der Waals surface area contributed by atoms with E-state index >= 15 is 0 Å². The largest absolute Gasteiger partial charge is 0.429 e. The summed E-state index contributed by atoms with van der Waals surface area (Å²) in [5.41, 5.74) is 2.96. The SMILES string of the molecule is O=COc1ccc(-c2n[nH]c3ccsc23)cc1. The van der Waals surface area contributed by atoms with E-state index in [0.717, 1.165) is 21.5 Å². The molecule has 0 saturated carbocycles. The third-order valence-electron chi connectivity index (χ3n) is 2.48. The van der Waals surface area contributed by atoms with Gasteiger partial charge in [0.1, 0.15) is 11.4 Å². The Morgan fingerprint density at radius 1 is 1.24 bits per heavy atom. The lowest BCUT2D eigenvalue weighted by atomic mass is 10.1. The van der Waals surface area contributed by atoms with Crippen molar-refractivity contribution in [2.24, 2.45) is 0 Å². The summed E-state index contributed by atoms with van der Waals surface area (Å²) in [6.07, 6.45) is 0. The van der Waals surface area contributed by atoms with Gasteiger partial charge in [-0.05, 0) is 35.7 Å². The molecule has 0 radical (unpaired) electrons. The predicted octanol–water partition coefficient (Wildman–Crippen LogP) is 2.83. The minimum absolute atomic E-state index is 0.418. The maximum atomic E-state index is 10.2. The summed E-state index contributed by atoms with van der Waals surface area (Å²) in [7, 11) is 0. The van der Waals surface area contributed by atoms with Crippen LogP contribution in [0.3, 0.4) is 0 Å². The molecule has 0 aliphatic carbocycles. The molecule has 84 valence electrons. The van der Waals surface area contributed by atoms with Crippen LogP contribution in [0, 0.1) is 0 Å². The minimum Gasteiger partial charge on any atom is -0.429 e. The second-order valence-corrected chi connectivity index (χ2v) is 4.39. The van der Waals surface area contributed by atoms with Crippen molar-refractivity contribution in [3.63, 3.8) is 0 Å². The first-order valence-electron chi connectivity index (χ1n) is 5.01. The highest BCUT2D eigenvalue weighted by atomic mass is 32.1. The number of hydrogen-bond donors (Lipinski definition) is 1. The summed E-state index contributed by atoms with van der Waals surface area (Å²) in [4.78, 5) is 10.2. The molecule has 3 aromatic rings. The molecule has 0 atom stereocenters. The Bertz CT molecular complexity index is 655. The van der Waals surface area contributed by atoms with Crippen molar-refractivity contribution in [2.75, 3.05) is 0 Å². The molecule has 1 N–H and O–H groups in total. The van der Waals surface area contributed by atoms with Crippen LogP contribution >= 0.6 is 11.3 Å². The standard InChI is InChI=1S/C12H8N2O2S/c15-7-16-9-3-1-8(2-4-9)11-12-10(13-14-11)5-6-17-12/h1-7H,(H,13,14). The van der Waals surface area contributed by atoms with Gasteiger partial charge in [-0.2, -0.15) is 5.10 Å². The third kappa shape index (κ3) is 1.70. The number of benzene rings is 1. The van der Waals surface area contributed by atoms with E-state index in [1.165, 1.54) is 0 Å². The smallest absolute Gasteiger partial charge is 0.298 e. The first-order chi connectivity index (χ1) is 8.38. The first-order valence-corrected chi connectivity index (χ1v) is 5.89. The molecule has 0 aliphatic rings. The number of ether oxygens (including phenoxy) is 1. The van der Waals surface area contributed by atoms with E-state index in [0.29, 0.717) is 12.2 Å². The molecule has 2 heterocycles. The fraction of sp³-hybridized carbons (Fsp3) is 0. The van der Waals surface area contributed by atoms with Gasteiger partial charge in [-0.15, -0.1) is 11.3 Å². The van der Waals surface area contributed by atoms with E-state index in [-0.39, 0.29) is 0 Å². The van der Waals surface area contributed by atoms with Crippen molar-refractivity contribution < 1.29 is 9.53 Å². The van der Waals surface area contributed by atoms with Crippen LogP contribution in [-0.2, 0) is 4.79 Å². The second kappa shape index (κ2) is 4.03. The lowest BCUT2D eigenvalue weighted by molar-refractivity contribution is -0.120. The molecule has 0 bridgehead atoms. The molecule has 0 fully saturated rings. The summed E-state index contributed by atoms with van der Waals surface area (Å²) in [5.74, 6) is 0.529. The van der Waals surface area contributed by atoms with Gasteiger partial charge in [0, 0.05) is 5.56 Å². The van der Waals surface area contributed by atoms with Gasteiger partial charge in [-0.3, -0.25) is 9.89 Å². The minimum atomic E-state index is 0.418. The molecule has 0 aliphatic heterocycles. The molecule has 0 unspecified atom stereocenters. The van der Waals surface area contributed by atoms with E-state index in [1.807, 2.05) is 23.6 Å². The number of nitrogens with zero attached hydrogens (tertiary/aromatic N) is 1. The quantitative estimate of drug-likeness (QED) is 0.721. The number of hydrogen-bond acceptors (Lipinski definition) is 4. The average Bonchev–Trinajstić information content (AvgIpc) is 2.93. The number of aromatic amines is 1. The van der Waals surface area contributed by atoms with Crippen LogP contribution in [-0.4, -0.2) is 16.7 Å². The number of H-pyrrole nitrogens is 1. The molecule has 2 aromatic heterocycles. The van der Waals surface area contributed by atoms with Crippen molar-refractivity contribution in [1.29, 1.82) is 0 Å². The van der Waals surface area contributed by atoms with E-state index in [2.05, 4.69) is 10.2 Å². The summed E-state index contributed by atoms with van der Waals surface area (Å²) in [6, 6.07) is 9.26. The molecule has 0 saturated heterocycles. The molecule has 0 amide bonds. The van der Waals surface area contributed by atoms with Crippen LogP contribution in [0.5, 0.6) is 5.75 Å². The van der Waals surface area contributed by atoms with Crippen LogP contribution in [0.1, 0.15) is 0 Å². The Morgan fingerprint density at radius 3 is 2.82 bits per heavy atom. The van der Waals surface area contributed by atoms with Gasteiger partial charge in [0.25, 0.3) is 6.47 Å². The summed E-state index contributed by atoms with van der Waals surface area (Å²) in [5, 5.41) is 9.28. The molecule has 1 aromatic carbocycles. The number of carbonyl (C=O) groups is 1. The topological polar surface area (TPSA) is 55.0 Å². The van der Waals surface area contributed by atoms with Gasteiger partial charge in [0.2, 0.25) is 0 Å². The monoisotopic (exact) mass is 244 g/mol. The zero-order chi connectivity index (χ0) is 11.7. The van der Waals surface area contributed by atoms with Gasteiger partial charge in [-0.25, -0.2) is 0 Å². The van der Waals surface area contributed by atoms with Gasteiger partial charge in [0.15, 0.2) is 0 Å². The fourth-order valence-electron chi connectivity index (χ4n) is 1.69. The highest BCUT2D eigenvalue weighted by Crippen LogP contribution is 2.30. The summed E-state index contributed by atoms with van der Waals surface area (Å²) in [6.45, 7) is 0.418. The predicted molar refractivity (Wildman–Crippen MR) is 66.1 cm³/mol. The Morgan fingerprint density at radius 2 is 2.06 bits per heavy atom. The zero-order valence-electron chi connectivity index (χ0n) is 8.71. The Balaban J connectivity index is 2.04. The molecule has 17 heavy (non-hydrogen) atoms. The highest BCUT2D eigenvalue weighted by Gasteiger charge is 2.08. The molecule has 5 heteroatoms. The van der Waals surface area contributed by atoms with Crippen LogP contribution in [0.2, 0.25) is 0 Å². The first kappa shape index (κ1) is 10.0. The van der Waals surface area contributed by atoms with Gasteiger partial charge in [-0.1, -0.05) is 0 Å². The number of nitrogens with one attached hydrogen (secondary N) is 1. The van der Waals surface area contributed by atoms with Crippen molar-refractivity contribution in [3.05, 3.63) is 35.7 Å². The fourth-order valence-corrected chi connectivity index (χ4v) is 2.55. The highest BCUT2D eigenvalue weighted by molar-refractivity contribution is 7.17. The van der Waals surface area contributed by atoms with E-state index < -0.39 is 0 Å². The second-order valence-electron chi connectivity index (χ2n) is 3.47. The third-order valence-corrected chi connectivity index (χ3v) is 3.40. The van der Waals surface area contributed by atoms with Crippen molar-refractivity contribution in [2.45, 2.75) is 0 Å². The normalized spacial score (nSPS) is 10.6. The van der Waals surface area contributed by atoms with Crippen LogP contribution in [0.15, 0.2) is 35.7 Å². The molecular formula is C12H8N2O2S. The van der Waals surface area contributed by atoms with Crippen LogP contribution in [0.25, 0.3) is 21.5 Å². The van der Waals surface area contributed by atoms with Crippen LogP contribution in [0.4, 0.5) is 0 Å². The van der Waals surface area contributed by atoms with Gasteiger partial charge < -0.3 is 4.74 Å². The Hall–Kier alpha value is -2.14. The number of thiophene rings is 1. The molecule has 0 spiro atoms. The Labute approximate surface area is 101 Å². The van der Waals surface area contributed by atoms with E-state index in [9.17, 15) is 4.79 Å². The van der Waals surface area contributed by atoms with Gasteiger partial charge in [0.05, 0.1) is 10.2 Å². The average molecular weight is 244 g/mol. The molecule has 3 rings (SSSR count). The number of fused-ring (bicyclic) bond motifs is 1. The molecular weight excluding hydrogens is 236 g/mol. The number of rotatable bonds is 3. The zero-order valence-corrected chi connectivity index (χ0v) is 9.53. The van der Waals surface area contributed by atoms with Crippen molar-refractivity contribution in [3.8, 4) is 17.0 Å². The summed E-state index contributed by atoms with van der Waals surface area (Å²) < 4.78 is 5.88.